The van der Waals surface area contributed by atoms with E-state index >= 15 is 0 Å². The van der Waals surface area contributed by atoms with E-state index < -0.39 is 0 Å². The molecule has 2 heterocycles. The molecule has 0 unspecified atom stereocenters. The molecular formula is C16H23N5. The Labute approximate surface area is 126 Å². The van der Waals surface area contributed by atoms with Crippen LogP contribution < -0.4 is 10.2 Å². The molecule has 0 saturated carbocycles. The van der Waals surface area contributed by atoms with E-state index in [1.54, 1.807) is 0 Å². The van der Waals surface area contributed by atoms with Gasteiger partial charge in [-0.05, 0) is 19.2 Å². The van der Waals surface area contributed by atoms with Gasteiger partial charge in [-0.25, -0.2) is 0 Å². The third-order valence-corrected chi connectivity index (χ3v) is 4.17. The maximum atomic E-state index is 4.54. The van der Waals surface area contributed by atoms with Gasteiger partial charge in [-0.15, -0.1) is 0 Å². The van der Waals surface area contributed by atoms with Crippen molar-refractivity contribution >= 4 is 11.5 Å². The average Bonchev–Trinajstić information content (AvgIpc) is 2.89. The van der Waals surface area contributed by atoms with Gasteiger partial charge >= 0.3 is 0 Å². The van der Waals surface area contributed by atoms with Crippen molar-refractivity contribution in [3.8, 4) is 11.3 Å². The molecule has 1 N–H and O–H groups in total. The molecule has 0 bridgehead atoms. The summed E-state index contributed by atoms with van der Waals surface area (Å²) >= 11 is 0. The molecule has 0 aliphatic carbocycles. The van der Waals surface area contributed by atoms with Crippen molar-refractivity contribution in [1.29, 1.82) is 0 Å². The van der Waals surface area contributed by atoms with Crippen LogP contribution in [0.2, 0.25) is 0 Å². The summed E-state index contributed by atoms with van der Waals surface area (Å²) in [5.41, 5.74) is 3.47. The third-order valence-electron chi connectivity index (χ3n) is 4.17. The monoisotopic (exact) mass is 285 g/mol. The zero-order chi connectivity index (χ0) is 14.8. The number of rotatable bonds is 3. The zero-order valence-electron chi connectivity index (χ0n) is 13.0. The number of nitrogens with one attached hydrogen (secondary N) is 1. The van der Waals surface area contributed by atoms with E-state index in [2.05, 4.69) is 57.6 Å². The molecule has 0 amide bonds. The summed E-state index contributed by atoms with van der Waals surface area (Å²) in [6.45, 7) is 4.47. The van der Waals surface area contributed by atoms with Gasteiger partial charge in [0.25, 0.3) is 0 Å². The maximum absolute atomic E-state index is 4.54. The molecule has 5 heteroatoms. The van der Waals surface area contributed by atoms with Gasteiger partial charge in [0.1, 0.15) is 5.82 Å². The first-order valence-corrected chi connectivity index (χ1v) is 7.43. The molecule has 1 aromatic carbocycles. The number of piperazine rings is 1. The second kappa shape index (κ2) is 5.77. The predicted octanol–water partition coefficient (Wildman–Crippen LogP) is 1.88. The molecule has 1 aromatic heterocycles. The lowest BCUT2D eigenvalue weighted by Gasteiger charge is -2.34. The zero-order valence-corrected chi connectivity index (χ0v) is 13.0. The molecule has 2 aromatic rings. The summed E-state index contributed by atoms with van der Waals surface area (Å²) in [6.07, 6.45) is 0. The van der Waals surface area contributed by atoms with E-state index in [0.717, 1.165) is 43.3 Å². The van der Waals surface area contributed by atoms with Crippen molar-refractivity contribution in [2.75, 3.05) is 50.5 Å². The van der Waals surface area contributed by atoms with Crippen LogP contribution in [0.4, 0.5) is 11.5 Å². The van der Waals surface area contributed by atoms with Crippen molar-refractivity contribution in [3.63, 3.8) is 0 Å². The smallest absolute Gasteiger partial charge is 0.124 e. The van der Waals surface area contributed by atoms with E-state index in [-0.39, 0.29) is 0 Å². The fraction of sp³-hybridized carbons (Fsp3) is 0.438. The first-order valence-electron chi connectivity index (χ1n) is 7.43. The summed E-state index contributed by atoms with van der Waals surface area (Å²) in [5, 5.41) is 7.68. The number of hydrogen-bond donors (Lipinski definition) is 1. The maximum Gasteiger partial charge on any atom is 0.124 e. The molecule has 0 atom stereocenters. The lowest BCUT2D eigenvalue weighted by atomic mass is 10.1. The highest BCUT2D eigenvalue weighted by atomic mass is 15.3. The van der Waals surface area contributed by atoms with Gasteiger partial charge in [0.15, 0.2) is 0 Å². The average molecular weight is 285 g/mol. The molecule has 112 valence electrons. The standard InChI is InChI=1S/C16H23N5/c1-17-16-12-15(18-20(16)3)13-4-6-14(7-5-13)21-10-8-19(2)9-11-21/h4-7,12,17H,8-11H2,1-3H3. The molecule has 3 rings (SSSR count). The second-order valence-electron chi connectivity index (χ2n) is 5.63. The summed E-state index contributed by atoms with van der Waals surface area (Å²) < 4.78 is 1.86. The Hall–Kier alpha value is -2.01. The Bertz CT molecular complexity index is 594. The Morgan fingerprint density at radius 1 is 1.00 bits per heavy atom. The Kier molecular flexibility index (Phi) is 3.84. The van der Waals surface area contributed by atoms with Gasteiger partial charge < -0.3 is 15.1 Å². The molecule has 21 heavy (non-hydrogen) atoms. The Balaban J connectivity index is 1.77. The van der Waals surface area contributed by atoms with E-state index in [4.69, 9.17) is 0 Å². The van der Waals surface area contributed by atoms with Gasteiger partial charge in [-0.3, -0.25) is 4.68 Å². The minimum Gasteiger partial charge on any atom is -0.373 e. The van der Waals surface area contributed by atoms with E-state index in [0.29, 0.717) is 0 Å². The fourth-order valence-electron chi connectivity index (χ4n) is 2.75. The van der Waals surface area contributed by atoms with Crippen molar-refractivity contribution in [3.05, 3.63) is 30.3 Å². The molecule has 1 saturated heterocycles. The summed E-state index contributed by atoms with van der Waals surface area (Å²) in [4.78, 5) is 4.82. The molecule has 1 aliphatic rings. The molecular weight excluding hydrogens is 262 g/mol. The van der Waals surface area contributed by atoms with Crippen LogP contribution in [-0.4, -0.2) is 55.0 Å². The number of anilines is 2. The quantitative estimate of drug-likeness (QED) is 0.934. The lowest BCUT2D eigenvalue weighted by Crippen LogP contribution is -2.44. The molecule has 0 radical (unpaired) electrons. The largest absolute Gasteiger partial charge is 0.373 e. The number of likely N-dealkylation sites (N-methyl/N-ethyl adjacent to an activating group) is 1. The third kappa shape index (κ3) is 2.88. The predicted molar refractivity (Wildman–Crippen MR) is 87.9 cm³/mol. The van der Waals surface area contributed by atoms with Crippen LogP contribution in [0, 0.1) is 0 Å². The fourth-order valence-corrected chi connectivity index (χ4v) is 2.75. The van der Waals surface area contributed by atoms with Gasteiger partial charge in [0, 0.05) is 57.6 Å². The first-order chi connectivity index (χ1) is 10.2. The number of hydrogen-bond acceptors (Lipinski definition) is 4. The highest BCUT2D eigenvalue weighted by Crippen LogP contribution is 2.24. The summed E-state index contributed by atoms with van der Waals surface area (Å²) in [7, 11) is 6.05. The SMILES string of the molecule is CNc1cc(-c2ccc(N3CCN(C)CC3)cc2)nn1C. The van der Waals surface area contributed by atoms with E-state index in [1.807, 2.05) is 18.8 Å². The Morgan fingerprint density at radius 3 is 2.24 bits per heavy atom. The van der Waals surface area contributed by atoms with Crippen molar-refractivity contribution in [2.24, 2.45) is 7.05 Å². The minimum absolute atomic E-state index is 1.01. The highest BCUT2D eigenvalue weighted by molar-refractivity contribution is 5.66. The lowest BCUT2D eigenvalue weighted by molar-refractivity contribution is 0.313. The van der Waals surface area contributed by atoms with Crippen LogP contribution in [0.15, 0.2) is 30.3 Å². The van der Waals surface area contributed by atoms with Crippen molar-refractivity contribution in [2.45, 2.75) is 0 Å². The topological polar surface area (TPSA) is 36.3 Å². The Morgan fingerprint density at radius 2 is 1.67 bits per heavy atom. The van der Waals surface area contributed by atoms with Gasteiger partial charge in [0.05, 0.1) is 5.69 Å². The number of aromatic nitrogens is 2. The van der Waals surface area contributed by atoms with Crippen LogP contribution in [0.3, 0.4) is 0 Å². The van der Waals surface area contributed by atoms with Gasteiger partial charge in [-0.2, -0.15) is 5.10 Å². The van der Waals surface area contributed by atoms with Crippen LogP contribution in [0.5, 0.6) is 0 Å². The van der Waals surface area contributed by atoms with Crippen LogP contribution >= 0.6 is 0 Å². The molecule has 5 nitrogen and oxygen atoms in total. The summed E-state index contributed by atoms with van der Waals surface area (Å²) in [5.74, 6) is 1.02. The number of nitrogens with zero attached hydrogens (tertiary/aromatic N) is 4. The van der Waals surface area contributed by atoms with Gasteiger partial charge in [0.2, 0.25) is 0 Å². The normalized spacial score (nSPS) is 16.2. The highest BCUT2D eigenvalue weighted by Gasteiger charge is 2.14. The van der Waals surface area contributed by atoms with Crippen molar-refractivity contribution < 1.29 is 0 Å². The van der Waals surface area contributed by atoms with Gasteiger partial charge in [-0.1, -0.05) is 12.1 Å². The molecule has 0 spiro atoms. The minimum atomic E-state index is 1.01. The molecule has 1 fully saturated rings. The van der Waals surface area contributed by atoms with Crippen LogP contribution in [0.1, 0.15) is 0 Å². The number of benzene rings is 1. The summed E-state index contributed by atoms with van der Waals surface area (Å²) in [6, 6.07) is 10.8. The van der Waals surface area contributed by atoms with Crippen molar-refractivity contribution in [1.82, 2.24) is 14.7 Å². The van der Waals surface area contributed by atoms with Crippen LogP contribution in [-0.2, 0) is 7.05 Å². The van der Waals surface area contributed by atoms with Crippen LogP contribution in [0.25, 0.3) is 11.3 Å². The first kappa shape index (κ1) is 13.9. The molecule has 1 aliphatic heterocycles. The van der Waals surface area contributed by atoms with E-state index in [9.17, 15) is 0 Å². The number of aryl methyl sites for hydroxylation is 1. The second-order valence-corrected chi connectivity index (χ2v) is 5.63. The van der Waals surface area contributed by atoms with E-state index in [1.165, 1.54) is 5.69 Å².